The van der Waals surface area contributed by atoms with Crippen LogP contribution in [0.2, 0.25) is 0 Å². The molecule has 0 amide bonds. The molecule has 1 saturated heterocycles. The van der Waals surface area contributed by atoms with Crippen molar-refractivity contribution in [3.05, 3.63) is 72.4 Å². The van der Waals surface area contributed by atoms with Gasteiger partial charge in [-0.3, -0.25) is 0 Å². The molecule has 0 bridgehead atoms. The van der Waals surface area contributed by atoms with Crippen LogP contribution in [0.15, 0.2) is 61.1 Å². The van der Waals surface area contributed by atoms with Gasteiger partial charge in [0.15, 0.2) is 0 Å². The maximum Gasteiger partial charge on any atom is 0.227 e. The Kier molecular flexibility index (Phi) is 8.78. The minimum absolute atomic E-state index is 0.139. The van der Waals surface area contributed by atoms with Crippen molar-refractivity contribution < 1.29 is 14.9 Å². The molecule has 0 saturated carbocycles. The van der Waals surface area contributed by atoms with Crippen LogP contribution in [-0.4, -0.2) is 74.0 Å². The van der Waals surface area contributed by atoms with Gasteiger partial charge in [-0.15, -0.1) is 0 Å². The largest absolute Gasteiger partial charge is 0.394 e. The molecule has 0 radical (unpaired) electrons. The zero-order valence-electron chi connectivity index (χ0n) is 21.4. The molecule has 3 N–H and O–H groups in total. The number of rotatable bonds is 6. The quantitative estimate of drug-likeness (QED) is 0.364. The maximum atomic E-state index is 8.11. The molecule has 0 aliphatic carbocycles. The first kappa shape index (κ1) is 26.2. The summed E-state index contributed by atoms with van der Waals surface area (Å²) in [6.45, 7) is 8.71. The number of hydrogen-bond acceptors (Lipinski definition) is 9. The van der Waals surface area contributed by atoms with Crippen LogP contribution in [0, 0.1) is 13.8 Å². The minimum Gasteiger partial charge on any atom is -0.394 e. The molecule has 37 heavy (non-hydrogen) atoms. The summed E-state index contributed by atoms with van der Waals surface area (Å²) < 4.78 is 7.24. The Labute approximate surface area is 216 Å². The predicted octanol–water partition coefficient (Wildman–Crippen LogP) is 3.28. The van der Waals surface area contributed by atoms with E-state index in [1.807, 2.05) is 37.3 Å². The van der Waals surface area contributed by atoms with E-state index >= 15 is 0 Å². The Hall–Kier alpha value is -3.86. The van der Waals surface area contributed by atoms with Crippen molar-refractivity contribution in [1.29, 1.82) is 0 Å². The molecule has 1 atom stereocenters. The zero-order chi connectivity index (χ0) is 26.2. The Bertz CT molecular complexity index is 1290. The van der Waals surface area contributed by atoms with Crippen LogP contribution in [0.25, 0.3) is 16.9 Å². The van der Waals surface area contributed by atoms with Gasteiger partial charge < -0.3 is 25.2 Å². The van der Waals surface area contributed by atoms with Crippen molar-refractivity contribution in [2.75, 3.05) is 43.1 Å². The molecule has 10 heteroatoms. The van der Waals surface area contributed by atoms with Gasteiger partial charge in [0.1, 0.15) is 12.2 Å². The van der Waals surface area contributed by atoms with Gasteiger partial charge in [0, 0.05) is 36.2 Å². The monoisotopic (exact) mass is 503 g/mol. The molecule has 4 aromatic rings. The number of ether oxygens (including phenoxy) is 1. The Morgan fingerprint density at radius 3 is 2.35 bits per heavy atom. The first-order valence-corrected chi connectivity index (χ1v) is 12.2. The summed E-state index contributed by atoms with van der Waals surface area (Å²) in [5.41, 5.74) is 6.23. The number of morpholine rings is 1. The highest BCUT2D eigenvalue weighted by Crippen LogP contribution is 2.28. The maximum absolute atomic E-state index is 8.11. The van der Waals surface area contributed by atoms with E-state index in [0.717, 1.165) is 54.8 Å². The lowest BCUT2D eigenvalue weighted by molar-refractivity contribution is 0.110. The first-order chi connectivity index (χ1) is 17.9. The van der Waals surface area contributed by atoms with Crippen molar-refractivity contribution in [3.63, 3.8) is 0 Å². The topological polar surface area (TPSA) is 121 Å². The molecular formula is C27H33N7O3. The molecule has 1 fully saturated rings. The normalized spacial score (nSPS) is 14.0. The standard InChI is InChI=1S/C24H25N7O.C3H8O2/c1-17-3-6-21(30-11-13-32-14-12-30)15-22(17)23-9-10-25-24(28-23)27-19-4-7-20(8-5-19)31-16-26-18(2)29-31;1-3(5)2-4/h3-10,15-16H,11-14H2,1-2H3,(H,25,27,28);3-5H,2H2,1H3. The molecular weight excluding hydrogens is 470 g/mol. The highest BCUT2D eigenvalue weighted by atomic mass is 16.5. The molecule has 194 valence electrons. The van der Waals surface area contributed by atoms with E-state index < -0.39 is 6.10 Å². The third-order valence-corrected chi connectivity index (χ3v) is 5.79. The summed E-state index contributed by atoms with van der Waals surface area (Å²) in [6.07, 6.45) is 2.94. The fourth-order valence-electron chi connectivity index (χ4n) is 3.77. The minimum atomic E-state index is -0.560. The summed E-state index contributed by atoms with van der Waals surface area (Å²) in [5.74, 6) is 1.30. The third-order valence-electron chi connectivity index (χ3n) is 5.79. The first-order valence-electron chi connectivity index (χ1n) is 12.2. The lowest BCUT2D eigenvalue weighted by Gasteiger charge is -2.29. The number of aliphatic hydroxyl groups is 2. The third kappa shape index (κ3) is 7.10. The summed E-state index contributed by atoms with van der Waals surface area (Å²) in [5, 5.41) is 23.6. The van der Waals surface area contributed by atoms with Crippen molar-refractivity contribution in [2.45, 2.75) is 26.9 Å². The van der Waals surface area contributed by atoms with Gasteiger partial charge in [-0.1, -0.05) is 6.07 Å². The number of aliphatic hydroxyl groups excluding tert-OH is 2. The summed E-state index contributed by atoms with van der Waals surface area (Å²) in [6, 6.07) is 16.4. The van der Waals surface area contributed by atoms with Crippen LogP contribution >= 0.6 is 0 Å². The average Bonchev–Trinajstić information content (AvgIpc) is 3.36. The molecule has 2 aromatic heterocycles. The second kappa shape index (κ2) is 12.4. The fourth-order valence-corrected chi connectivity index (χ4v) is 3.77. The van der Waals surface area contributed by atoms with Crippen molar-refractivity contribution >= 4 is 17.3 Å². The molecule has 1 aliphatic rings. The highest BCUT2D eigenvalue weighted by Gasteiger charge is 2.14. The number of anilines is 3. The smallest absolute Gasteiger partial charge is 0.227 e. The Morgan fingerprint density at radius 1 is 1.00 bits per heavy atom. The van der Waals surface area contributed by atoms with Crippen LogP contribution < -0.4 is 10.2 Å². The Morgan fingerprint density at radius 2 is 1.70 bits per heavy atom. The van der Waals surface area contributed by atoms with Gasteiger partial charge >= 0.3 is 0 Å². The molecule has 1 unspecified atom stereocenters. The van der Waals surface area contributed by atoms with E-state index in [4.69, 9.17) is 19.9 Å². The van der Waals surface area contributed by atoms with Crippen LogP contribution in [0.1, 0.15) is 18.3 Å². The second-order valence-corrected chi connectivity index (χ2v) is 8.80. The number of aryl methyl sites for hydroxylation is 2. The molecule has 10 nitrogen and oxygen atoms in total. The summed E-state index contributed by atoms with van der Waals surface area (Å²) in [4.78, 5) is 15.7. The lowest BCUT2D eigenvalue weighted by Crippen LogP contribution is -2.36. The Balaban J connectivity index is 0.000000586. The molecule has 2 aromatic carbocycles. The highest BCUT2D eigenvalue weighted by molar-refractivity contribution is 5.70. The van der Waals surface area contributed by atoms with E-state index in [1.165, 1.54) is 18.2 Å². The van der Waals surface area contributed by atoms with E-state index in [1.54, 1.807) is 17.2 Å². The van der Waals surface area contributed by atoms with Crippen molar-refractivity contribution in [2.24, 2.45) is 0 Å². The molecule has 1 aliphatic heterocycles. The van der Waals surface area contributed by atoms with E-state index in [2.05, 4.69) is 50.4 Å². The van der Waals surface area contributed by atoms with E-state index in [0.29, 0.717) is 5.95 Å². The van der Waals surface area contributed by atoms with Crippen LogP contribution in [0.5, 0.6) is 0 Å². The van der Waals surface area contributed by atoms with E-state index in [-0.39, 0.29) is 6.61 Å². The lowest BCUT2D eigenvalue weighted by atomic mass is 10.0. The molecule has 5 rings (SSSR count). The number of benzene rings is 2. The fraction of sp³-hybridized carbons (Fsp3) is 0.333. The van der Waals surface area contributed by atoms with Gasteiger partial charge in [-0.2, -0.15) is 5.10 Å². The van der Waals surface area contributed by atoms with Crippen molar-refractivity contribution in [3.8, 4) is 16.9 Å². The van der Waals surface area contributed by atoms with Gasteiger partial charge in [-0.05, 0) is 68.8 Å². The predicted molar refractivity (Wildman–Crippen MR) is 143 cm³/mol. The van der Waals surface area contributed by atoms with Gasteiger partial charge in [0.05, 0.1) is 37.3 Å². The average molecular weight is 504 g/mol. The number of aromatic nitrogens is 5. The zero-order valence-corrected chi connectivity index (χ0v) is 21.4. The number of nitrogens with one attached hydrogen (secondary N) is 1. The van der Waals surface area contributed by atoms with Gasteiger partial charge in [-0.25, -0.2) is 19.6 Å². The van der Waals surface area contributed by atoms with Gasteiger partial charge in [0.2, 0.25) is 5.95 Å². The van der Waals surface area contributed by atoms with Gasteiger partial charge in [0.25, 0.3) is 0 Å². The second-order valence-electron chi connectivity index (χ2n) is 8.80. The van der Waals surface area contributed by atoms with Crippen LogP contribution in [0.3, 0.4) is 0 Å². The van der Waals surface area contributed by atoms with Crippen LogP contribution in [-0.2, 0) is 4.74 Å². The molecule has 3 heterocycles. The van der Waals surface area contributed by atoms with Crippen LogP contribution in [0.4, 0.5) is 17.3 Å². The molecule has 0 spiro atoms. The summed E-state index contributed by atoms with van der Waals surface area (Å²) >= 11 is 0. The van der Waals surface area contributed by atoms with Crippen molar-refractivity contribution in [1.82, 2.24) is 24.7 Å². The number of nitrogens with zero attached hydrogens (tertiary/aromatic N) is 6. The summed E-state index contributed by atoms with van der Waals surface area (Å²) in [7, 11) is 0. The number of hydrogen-bond donors (Lipinski definition) is 3. The van der Waals surface area contributed by atoms with E-state index in [9.17, 15) is 0 Å². The SMILES string of the molecule is CC(O)CO.Cc1ncn(-c2ccc(Nc3nccc(-c4cc(N5CCOCC5)ccc4C)n3)cc2)n1.